The molecule has 0 radical (unpaired) electrons. The molecule has 0 bridgehead atoms. The fourth-order valence-corrected chi connectivity index (χ4v) is 2.71. The molecule has 4 nitrogen and oxygen atoms in total. The van der Waals surface area contributed by atoms with E-state index in [1.165, 1.54) is 11.1 Å². The second-order valence-corrected chi connectivity index (χ2v) is 5.11. The van der Waals surface area contributed by atoms with Gasteiger partial charge in [-0.1, -0.05) is 24.3 Å². The molecule has 1 N–H and O–H groups in total. The number of nitrogens with zero attached hydrogens (tertiary/aromatic N) is 2. The van der Waals surface area contributed by atoms with Crippen molar-refractivity contribution in [3.05, 3.63) is 35.4 Å². The first kappa shape index (κ1) is 14.0. The summed E-state index contributed by atoms with van der Waals surface area (Å²) in [5, 5.41) is 8.87. The molecule has 1 aromatic rings. The van der Waals surface area contributed by atoms with Crippen molar-refractivity contribution in [2.24, 2.45) is 0 Å². The zero-order valence-corrected chi connectivity index (χ0v) is 11.7. The lowest BCUT2D eigenvalue weighted by atomic mass is 10.0. The number of aryl methyl sites for hydroxylation is 1. The normalized spacial score (nSPS) is 18.4. The van der Waals surface area contributed by atoms with E-state index < -0.39 is 0 Å². The van der Waals surface area contributed by atoms with Gasteiger partial charge < -0.3 is 10.0 Å². The molecule has 1 fully saturated rings. The minimum absolute atomic E-state index is 0.164. The standard InChI is InChI=1S/C15H22N2O2/c1-12-5-3-4-6-14(12)13(2)16-7-9-17(10-8-16)15(19)11-18/h3-6,13,18H,7-11H2,1-2H3. The number of aliphatic hydroxyl groups is 1. The average Bonchev–Trinajstić information content (AvgIpc) is 2.46. The monoisotopic (exact) mass is 262 g/mol. The summed E-state index contributed by atoms with van der Waals surface area (Å²) in [6.07, 6.45) is 0. The van der Waals surface area contributed by atoms with Gasteiger partial charge in [0.1, 0.15) is 6.61 Å². The van der Waals surface area contributed by atoms with Crippen LogP contribution in [0.5, 0.6) is 0 Å². The van der Waals surface area contributed by atoms with Crippen LogP contribution < -0.4 is 0 Å². The second kappa shape index (κ2) is 6.17. The molecule has 19 heavy (non-hydrogen) atoms. The summed E-state index contributed by atoms with van der Waals surface area (Å²) in [5.41, 5.74) is 2.66. The van der Waals surface area contributed by atoms with E-state index in [2.05, 4.69) is 43.0 Å². The molecule has 2 rings (SSSR count). The van der Waals surface area contributed by atoms with E-state index in [0.717, 1.165) is 13.1 Å². The predicted octanol–water partition coefficient (Wildman–Crippen LogP) is 1.19. The van der Waals surface area contributed by atoms with Crippen LogP contribution in [0.2, 0.25) is 0 Å². The lowest BCUT2D eigenvalue weighted by Gasteiger charge is -2.38. The number of benzene rings is 1. The minimum Gasteiger partial charge on any atom is -0.387 e. The molecule has 1 aromatic carbocycles. The van der Waals surface area contributed by atoms with Crippen LogP contribution in [0.3, 0.4) is 0 Å². The molecular formula is C15H22N2O2. The van der Waals surface area contributed by atoms with Crippen LogP contribution in [-0.2, 0) is 4.79 Å². The molecule has 0 aliphatic carbocycles. The molecule has 1 amide bonds. The first-order valence-electron chi connectivity index (χ1n) is 6.81. The van der Waals surface area contributed by atoms with Gasteiger partial charge in [0, 0.05) is 32.2 Å². The number of piperazine rings is 1. The fraction of sp³-hybridized carbons (Fsp3) is 0.533. The van der Waals surface area contributed by atoms with Crippen LogP contribution in [0.25, 0.3) is 0 Å². The Balaban J connectivity index is 1.98. The smallest absolute Gasteiger partial charge is 0.248 e. The Hall–Kier alpha value is -1.39. The van der Waals surface area contributed by atoms with Gasteiger partial charge in [-0.25, -0.2) is 0 Å². The van der Waals surface area contributed by atoms with Crippen LogP contribution in [0.4, 0.5) is 0 Å². The highest BCUT2D eigenvalue weighted by Gasteiger charge is 2.24. The molecule has 4 heteroatoms. The minimum atomic E-state index is -0.382. The number of aliphatic hydroxyl groups excluding tert-OH is 1. The maximum Gasteiger partial charge on any atom is 0.248 e. The molecule has 1 saturated heterocycles. The maximum absolute atomic E-state index is 11.4. The van der Waals surface area contributed by atoms with E-state index >= 15 is 0 Å². The Morgan fingerprint density at radius 1 is 1.26 bits per heavy atom. The Labute approximate surface area is 114 Å². The molecule has 1 aliphatic heterocycles. The third-order valence-corrected chi connectivity index (χ3v) is 3.99. The van der Waals surface area contributed by atoms with Crippen molar-refractivity contribution in [3.63, 3.8) is 0 Å². The van der Waals surface area contributed by atoms with Crippen LogP contribution >= 0.6 is 0 Å². The van der Waals surface area contributed by atoms with Gasteiger partial charge in [0.15, 0.2) is 0 Å². The van der Waals surface area contributed by atoms with E-state index in [0.29, 0.717) is 19.1 Å². The lowest BCUT2D eigenvalue weighted by Crippen LogP contribution is -2.50. The first-order valence-corrected chi connectivity index (χ1v) is 6.81. The van der Waals surface area contributed by atoms with Gasteiger partial charge in [0.05, 0.1) is 0 Å². The number of amides is 1. The topological polar surface area (TPSA) is 43.8 Å². The van der Waals surface area contributed by atoms with Crippen LogP contribution in [-0.4, -0.2) is 53.6 Å². The van der Waals surface area contributed by atoms with Crippen molar-refractivity contribution in [3.8, 4) is 0 Å². The average molecular weight is 262 g/mol. The first-order chi connectivity index (χ1) is 9.13. The number of carbonyl (C=O) groups excluding carboxylic acids is 1. The molecule has 104 valence electrons. The summed E-state index contributed by atoms with van der Waals surface area (Å²) >= 11 is 0. The summed E-state index contributed by atoms with van der Waals surface area (Å²) in [4.78, 5) is 15.6. The molecule has 0 spiro atoms. The van der Waals surface area contributed by atoms with E-state index in [1.807, 2.05) is 0 Å². The maximum atomic E-state index is 11.4. The van der Waals surface area contributed by atoms with Gasteiger partial charge >= 0.3 is 0 Å². The van der Waals surface area contributed by atoms with E-state index in [4.69, 9.17) is 5.11 Å². The molecule has 1 heterocycles. The highest BCUT2D eigenvalue weighted by atomic mass is 16.3. The van der Waals surface area contributed by atoms with E-state index in [1.54, 1.807) is 4.90 Å². The Morgan fingerprint density at radius 2 is 1.89 bits per heavy atom. The number of rotatable bonds is 3. The number of hydrogen-bond donors (Lipinski definition) is 1. The summed E-state index contributed by atoms with van der Waals surface area (Å²) in [6.45, 7) is 7.10. The van der Waals surface area contributed by atoms with E-state index in [9.17, 15) is 4.79 Å². The van der Waals surface area contributed by atoms with Gasteiger partial charge in [0.25, 0.3) is 0 Å². The highest BCUT2D eigenvalue weighted by Crippen LogP contribution is 2.24. The molecule has 1 aliphatic rings. The van der Waals surface area contributed by atoms with Crippen LogP contribution in [0, 0.1) is 6.92 Å². The zero-order chi connectivity index (χ0) is 13.8. The van der Waals surface area contributed by atoms with E-state index in [-0.39, 0.29) is 12.5 Å². The fourth-order valence-electron chi connectivity index (χ4n) is 2.71. The van der Waals surface area contributed by atoms with Gasteiger partial charge in [0.2, 0.25) is 5.91 Å². The lowest BCUT2D eigenvalue weighted by molar-refractivity contribution is -0.136. The van der Waals surface area contributed by atoms with Gasteiger partial charge in [-0.2, -0.15) is 0 Å². The van der Waals surface area contributed by atoms with Crippen molar-refractivity contribution >= 4 is 5.91 Å². The Morgan fingerprint density at radius 3 is 2.47 bits per heavy atom. The van der Waals surface area contributed by atoms with Gasteiger partial charge in [-0.05, 0) is 25.0 Å². The largest absolute Gasteiger partial charge is 0.387 e. The molecule has 1 atom stereocenters. The summed E-state index contributed by atoms with van der Waals surface area (Å²) in [7, 11) is 0. The summed E-state index contributed by atoms with van der Waals surface area (Å²) < 4.78 is 0. The predicted molar refractivity (Wildman–Crippen MR) is 74.8 cm³/mol. The van der Waals surface area contributed by atoms with Crippen LogP contribution in [0.15, 0.2) is 24.3 Å². The summed E-state index contributed by atoms with van der Waals surface area (Å²) in [6, 6.07) is 8.81. The van der Waals surface area contributed by atoms with Crippen molar-refractivity contribution in [2.75, 3.05) is 32.8 Å². The second-order valence-electron chi connectivity index (χ2n) is 5.11. The van der Waals surface area contributed by atoms with Crippen molar-refractivity contribution in [1.29, 1.82) is 0 Å². The van der Waals surface area contributed by atoms with Crippen molar-refractivity contribution in [2.45, 2.75) is 19.9 Å². The number of carbonyl (C=O) groups is 1. The molecule has 0 saturated carbocycles. The van der Waals surface area contributed by atoms with Crippen molar-refractivity contribution < 1.29 is 9.90 Å². The molecular weight excluding hydrogens is 240 g/mol. The third kappa shape index (κ3) is 3.14. The SMILES string of the molecule is Cc1ccccc1C(C)N1CCN(C(=O)CO)CC1. The Kier molecular flexibility index (Phi) is 4.56. The molecule has 1 unspecified atom stereocenters. The molecule has 0 aromatic heterocycles. The highest BCUT2D eigenvalue weighted by molar-refractivity contribution is 5.77. The number of hydrogen-bond acceptors (Lipinski definition) is 3. The Bertz CT molecular complexity index is 440. The zero-order valence-electron chi connectivity index (χ0n) is 11.7. The van der Waals surface area contributed by atoms with Gasteiger partial charge in [-0.3, -0.25) is 9.69 Å². The van der Waals surface area contributed by atoms with Gasteiger partial charge in [-0.15, -0.1) is 0 Å². The van der Waals surface area contributed by atoms with Crippen molar-refractivity contribution in [1.82, 2.24) is 9.80 Å². The third-order valence-electron chi connectivity index (χ3n) is 3.99. The van der Waals surface area contributed by atoms with Crippen LogP contribution in [0.1, 0.15) is 24.1 Å². The quantitative estimate of drug-likeness (QED) is 0.890. The summed E-state index contributed by atoms with van der Waals surface area (Å²) in [5.74, 6) is -0.164.